The largest absolute Gasteiger partial charge is 0.452 e. The first-order valence-electron chi connectivity index (χ1n) is 8.84. The van der Waals surface area contributed by atoms with E-state index in [1.807, 2.05) is 6.07 Å². The van der Waals surface area contributed by atoms with Crippen molar-refractivity contribution >= 4 is 57.0 Å². The summed E-state index contributed by atoms with van der Waals surface area (Å²) in [4.78, 5) is 25.3. The van der Waals surface area contributed by atoms with Crippen LogP contribution in [0.15, 0.2) is 64.8 Å². The number of ketones is 1. The lowest BCUT2D eigenvalue weighted by Gasteiger charge is -2.08. The molecule has 0 N–H and O–H groups in total. The van der Waals surface area contributed by atoms with E-state index < -0.39 is 5.97 Å². The summed E-state index contributed by atoms with van der Waals surface area (Å²) in [7, 11) is 0. The van der Waals surface area contributed by atoms with Gasteiger partial charge in [-0.1, -0.05) is 41.4 Å². The SMILES string of the molecule is Cc1cc(OC(=O)c2ccccc2Br)cc2c1C(=O)/C(=C/c1ccc(Cl)c(Cl)c1)O2. The molecule has 0 saturated carbocycles. The quantitative estimate of drug-likeness (QED) is 0.221. The van der Waals surface area contributed by atoms with Gasteiger partial charge in [-0.15, -0.1) is 0 Å². The molecule has 4 rings (SSSR count). The molecule has 0 radical (unpaired) electrons. The number of aryl methyl sites for hydroxylation is 1. The van der Waals surface area contributed by atoms with Crippen molar-refractivity contribution in [3.63, 3.8) is 0 Å². The van der Waals surface area contributed by atoms with Crippen molar-refractivity contribution in [1.82, 2.24) is 0 Å². The van der Waals surface area contributed by atoms with Crippen molar-refractivity contribution in [3.8, 4) is 11.5 Å². The maximum atomic E-state index is 12.8. The van der Waals surface area contributed by atoms with E-state index in [9.17, 15) is 9.59 Å². The Kier molecular flexibility index (Phi) is 5.69. The lowest BCUT2D eigenvalue weighted by molar-refractivity contribution is 0.0733. The number of esters is 1. The van der Waals surface area contributed by atoms with Gasteiger partial charge in [-0.25, -0.2) is 4.79 Å². The van der Waals surface area contributed by atoms with Crippen LogP contribution in [0, 0.1) is 6.92 Å². The summed E-state index contributed by atoms with van der Waals surface area (Å²) in [5, 5.41) is 0.805. The minimum atomic E-state index is -0.516. The molecule has 0 spiro atoms. The third-order valence-corrected chi connectivity index (χ3v) is 5.92. The zero-order chi connectivity index (χ0) is 21.4. The van der Waals surface area contributed by atoms with Crippen molar-refractivity contribution < 1.29 is 19.1 Å². The fourth-order valence-corrected chi connectivity index (χ4v) is 3.83. The average molecular weight is 504 g/mol. The maximum absolute atomic E-state index is 12.8. The number of halogens is 3. The van der Waals surface area contributed by atoms with E-state index in [1.54, 1.807) is 55.5 Å². The zero-order valence-corrected chi connectivity index (χ0v) is 18.6. The van der Waals surface area contributed by atoms with Crippen molar-refractivity contribution in [2.45, 2.75) is 6.92 Å². The smallest absolute Gasteiger partial charge is 0.344 e. The Labute approximate surface area is 191 Å². The van der Waals surface area contributed by atoms with Crippen LogP contribution in [-0.2, 0) is 0 Å². The van der Waals surface area contributed by atoms with Crippen LogP contribution in [0.3, 0.4) is 0 Å². The first kappa shape index (κ1) is 20.7. The molecule has 0 unspecified atom stereocenters. The van der Waals surface area contributed by atoms with Gasteiger partial charge >= 0.3 is 5.97 Å². The first-order valence-corrected chi connectivity index (χ1v) is 10.4. The minimum absolute atomic E-state index is 0.153. The van der Waals surface area contributed by atoms with Crippen molar-refractivity contribution in [2.75, 3.05) is 0 Å². The number of ether oxygens (including phenoxy) is 2. The summed E-state index contributed by atoms with van der Waals surface area (Å²) in [6, 6.07) is 15.2. The van der Waals surface area contributed by atoms with Crippen LogP contribution < -0.4 is 9.47 Å². The molecular weight excluding hydrogens is 491 g/mol. The van der Waals surface area contributed by atoms with E-state index in [1.165, 1.54) is 6.07 Å². The Balaban J connectivity index is 1.62. The highest BCUT2D eigenvalue weighted by Gasteiger charge is 2.30. The number of hydrogen-bond acceptors (Lipinski definition) is 4. The Morgan fingerprint density at radius 3 is 2.57 bits per heavy atom. The number of benzene rings is 3. The maximum Gasteiger partial charge on any atom is 0.344 e. The number of Topliss-reactive ketones (excluding diaryl/α,β-unsaturated/α-hetero) is 1. The summed E-state index contributed by atoms with van der Waals surface area (Å²) in [5.41, 5.74) is 2.15. The number of allylic oxidation sites excluding steroid dienone is 1. The molecule has 0 saturated heterocycles. The van der Waals surface area contributed by atoms with Gasteiger partial charge in [0.15, 0.2) is 5.76 Å². The molecule has 0 atom stereocenters. The highest BCUT2D eigenvalue weighted by molar-refractivity contribution is 9.10. The van der Waals surface area contributed by atoms with Crippen molar-refractivity contribution in [2.24, 2.45) is 0 Å². The van der Waals surface area contributed by atoms with Crippen LogP contribution in [0.25, 0.3) is 6.08 Å². The molecule has 150 valence electrons. The van der Waals surface area contributed by atoms with E-state index in [0.717, 1.165) is 0 Å². The highest BCUT2D eigenvalue weighted by atomic mass is 79.9. The summed E-state index contributed by atoms with van der Waals surface area (Å²) < 4.78 is 11.9. The molecule has 1 aliphatic heterocycles. The number of carbonyl (C=O) groups is 2. The van der Waals surface area contributed by atoms with Crippen LogP contribution in [-0.4, -0.2) is 11.8 Å². The number of hydrogen-bond donors (Lipinski definition) is 0. The molecule has 30 heavy (non-hydrogen) atoms. The van der Waals surface area contributed by atoms with E-state index >= 15 is 0 Å². The highest BCUT2D eigenvalue weighted by Crippen LogP contribution is 2.38. The monoisotopic (exact) mass is 502 g/mol. The van der Waals surface area contributed by atoms with Gasteiger partial charge < -0.3 is 9.47 Å². The number of fused-ring (bicyclic) bond motifs is 1. The molecule has 1 heterocycles. The lowest BCUT2D eigenvalue weighted by Crippen LogP contribution is -2.09. The zero-order valence-electron chi connectivity index (χ0n) is 15.5. The molecular formula is C23H13BrCl2O4. The second-order valence-electron chi connectivity index (χ2n) is 6.60. The van der Waals surface area contributed by atoms with E-state index in [0.29, 0.717) is 42.5 Å². The van der Waals surface area contributed by atoms with Crippen molar-refractivity contribution in [1.29, 1.82) is 0 Å². The van der Waals surface area contributed by atoms with Gasteiger partial charge in [-0.3, -0.25) is 4.79 Å². The van der Waals surface area contributed by atoms with Crippen LogP contribution in [0.5, 0.6) is 11.5 Å². The molecule has 3 aromatic carbocycles. The third-order valence-electron chi connectivity index (χ3n) is 4.49. The molecule has 4 nitrogen and oxygen atoms in total. The van der Waals surface area contributed by atoms with Gasteiger partial charge in [-0.05, 0) is 70.4 Å². The molecule has 7 heteroatoms. The predicted octanol–water partition coefficient (Wildman–Crippen LogP) is 6.90. The average Bonchev–Trinajstić information content (AvgIpc) is 3.00. The normalized spacial score (nSPS) is 13.9. The van der Waals surface area contributed by atoms with Crippen LogP contribution in [0.1, 0.15) is 31.8 Å². The Hall–Kier alpha value is -2.60. The van der Waals surface area contributed by atoms with Gasteiger partial charge in [0.1, 0.15) is 11.5 Å². The molecule has 0 aliphatic carbocycles. The van der Waals surface area contributed by atoms with Crippen LogP contribution >= 0.6 is 39.1 Å². The number of rotatable bonds is 3. The van der Waals surface area contributed by atoms with E-state index in [2.05, 4.69) is 15.9 Å². The second kappa shape index (κ2) is 8.26. The fourth-order valence-electron chi connectivity index (χ4n) is 3.08. The lowest BCUT2D eigenvalue weighted by atomic mass is 10.0. The van der Waals surface area contributed by atoms with Gasteiger partial charge in [0.2, 0.25) is 5.78 Å². The molecule has 0 bridgehead atoms. The third kappa shape index (κ3) is 4.01. The summed E-state index contributed by atoms with van der Waals surface area (Å²) in [6.45, 7) is 1.76. The van der Waals surface area contributed by atoms with Crippen molar-refractivity contribution in [3.05, 3.63) is 97.1 Å². The Bertz CT molecular complexity index is 1230. The van der Waals surface area contributed by atoms with Gasteiger partial charge in [-0.2, -0.15) is 0 Å². The molecule has 0 fully saturated rings. The standard InChI is InChI=1S/C23H13BrCl2O4/c1-12-8-14(29-23(28)15-4-2-3-5-16(15)24)11-19-21(12)22(27)20(30-19)10-13-6-7-17(25)18(26)9-13/h2-11H,1H3/b20-10-. The predicted molar refractivity (Wildman–Crippen MR) is 120 cm³/mol. The van der Waals surface area contributed by atoms with Gasteiger partial charge in [0.25, 0.3) is 0 Å². The topological polar surface area (TPSA) is 52.6 Å². The molecule has 0 amide bonds. The van der Waals surface area contributed by atoms with Crippen LogP contribution in [0.4, 0.5) is 0 Å². The molecule has 0 aromatic heterocycles. The van der Waals surface area contributed by atoms with Crippen LogP contribution in [0.2, 0.25) is 10.0 Å². The molecule has 3 aromatic rings. The first-order chi connectivity index (χ1) is 14.3. The summed E-state index contributed by atoms with van der Waals surface area (Å²) >= 11 is 15.3. The fraction of sp³-hybridized carbons (Fsp3) is 0.0435. The summed E-state index contributed by atoms with van der Waals surface area (Å²) in [5.74, 6) is 0.00701. The number of carbonyl (C=O) groups excluding carboxylic acids is 2. The van der Waals surface area contributed by atoms with E-state index in [4.69, 9.17) is 32.7 Å². The minimum Gasteiger partial charge on any atom is -0.452 e. The second-order valence-corrected chi connectivity index (χ2v) is 8.26. The Morgan fingerprint density at radius 1 is 1.07 bits per heavy atom. The molecule has 1 aliphatic rings. The van der Waals surface area contributed by atoms with Gasteiger partial charge in [0.05, 0.1) is 21.2 Å². The van der Waals surface area contributed by atoms with E-state index in [-0.39, 0.29) is 17.3 Å². The van der Waals surface area contributed by atoms with Gasteiger partial charge in [0, 0.05) is 10.5 Å². The summed E-state index contributed by atoms with van der Waals surface area (Å²) in [6.07, 6.45) is 1.59. The Morgan fingerprint density at radius 2 is 1.83 bits per heavy atom.